The number of aryl methyl sites for hydroxylation is 1. The van der Waals surface area contributed by atoms with Gasteiger partial charge >= 0.3 is 11.8 Å². The number of rotatable bonds is 5. The first kappa shape index (κ1) is 20.3. The van der Waals surface area contributed by atoms with Gasteiger partial charge in [-0.05, 0) is 19.9 Å². The molecule has 1 saturated heterocycles. The highest BCUT2D eigenvalue weighted by molar-refractivity contribution is 6.39. The van der Waals surface area contributed by atoms with Gasteiger partial charge in [-0.15, -0.1) is 0 Å². The fraction of sp³-hybridized carbons (Fsp3) is 0.368. The van der Waals surface area contributed by atoms with Crippen molar-refractivity contribution < 1.29 is 19.1 Å². The molecule has 1 aliphatic rings. The van der Waals surface area contributed by atoms with E-state index >= 15 is 0 Å². The number of amides is 3. The summed E-state index contributed by atoms with van der Waals surface area (Å²) < 4.78 is 6.67. The molecule has 1 fully saturated rings. The van der Waals surface area contributed by atoms with Crippen LogP contribution in [0.5, 0.6) is 5.75 Å². The second-order valence-electron chi connectivity index (χ2n) is 6.81. The predicted molar refractivity (Wildman–Crippen MR) is 105 cm³/mol. The molecule has 2 atom stereocenters. The van der Waals surface area contributed by atoms with E-state index in [4.69, 9.17) is 4.74 Å². The van der Waals surface area contributed by atoms with E-state index in [9.17, 15) is 14.4 Å². The third kappa shape index (κ3) is 4.91. The lowest BCUT2D eigenvalue weighted by Crippen LogP contribution is -2.52. The molecular weight excluding hydrogens is 376 g/mol. The molecule has 0 spiro atoms. The molecule has 2 unspecified atom stereocenters. The number of hydrogen-bond acceptors (Lipinski definition) is 6. The van der Waals surface area contributed by atoms with Crippen molar-refractivity contribution in [1.82, 2.24) is 25.7 Å². The zero-order valence-electron chi connectivity index (χ0n) is 16.5. The van der Waals surface area contributed by atoms with Crippen LogP contribution in [0.15, 0.2) is 30.3 Å². The molecule has 3 amide bonds. The zero-order valence-corrected chi connectivity index (χ0v) is 16.5. The maximum Gasteiger partial charge on any atom is 0.314 e. The lowest BCUT2D eigenvalue weighted by Gasteiger charge is -2.30. The molecule has 0 saturated carbocycles. The molecule has 154 valence electrons. The normalized spacial score (nSPS) is 18.7. The summed E-state index contributed by atoms with van der Waals surface area (Å²) in [5.74, 6) is -0.838. The Balaban J connectivity index is 1.66. The Hall–Kier alpha value is -3.40. The number of hydrogen-bond donors (Lipinski definition) is 4. The minimum absolute atomic E-state index is 0.0500. The number of nitrogens with one attached hydrogen (secondary N) is 4. The van der Waals surface area contributed by atoms with Crippen molar-refractivity contribution in [3.8, 4) is 5.75 Å². The molecule has 0 aliphatic carbocycles. The van der Waals surface area contributed by atoms with Crippen LogP contribution in [0.1, 0.15) is 30.9 Å². The Morgan fingerprint density at radius 1 is 1.31 bits per heavy atom. The Bertz CT molecular complexity index is 925. The van der Waals surface area contributed by atoms with Gasteiger partial charge in [-0.3, -0.25) is 19.7 Å². The Morgan fingerprint density at radius 3 is 2.79 bits per heavy atom. The average molecular weight is 400 g/mol. The standard InChI is InChI=1S/C19H24N6O4/c1-11-9-16(26)23-19(21-11)25-15(8-12(2)24-25)22-18(28)17(27)20-10-13-6-4-5-7-14(13)29-3/h4-8,11,19,21H,9-10H2,1-3H3,(H,20,27)(H,22,28)(H,23,26). The van der Waals surface area contributed by atoms with Crippen molar-refractivity contribution in [2.75, 3.05) is 12.4 Å². The lowest BCUT2D eigenvalue weighted by atomic mass is 10.2. The van der Waals surface area contributed by atoms with Crippen LogP contribution in [0.2, 0.25) is 0 Å². The van der Waals surface area contributed by atoms with Crippen LogP contribution < -0.4 is 26.0 Å². The Labute approximate surface area is 168 Å². The Morgan fingerprint density at radius 2 is 2.07 bits per heavy atom. The summed E-state index contributed by atoms with van der Waals surface area (Å²) in [6, 6.07) is 8.78. The maximum absolute atomic E-state index is 12.4. The predicted octanol–water partition coefficient (Wildman–Crippen LogP) is 0.409. The molecule has 3 rings (SSSR count). The minimum Gasteiger partial charge on any atom is -0.496 e. The van der Waals surface area contributed by atoms with E-state index in [1.165, 1.54) is 11.8 Å². The quantitative estimate of drug-likeness (QED) is 0.539. The third-order valence-corrected chi connectivity index (χ3v) is 4.41. The van der Waals surface area contributed by atoms with Crippen LogP contribution in [0.3, 0.4) is 0 Å². The third-order valence-electron chi connectivity index (χ3n) is 4.41. The van der Waals surface area contributed by atoms with Gasteiger partial charge in [-0.1, -0.05) is 18.2 Å². The molecule has 0 bridgehead atoms. The van der Waals surface area contributed by atoms with E-state index < -0.39 is 18.1 Å². The number of ether oxygens (including phenoxy) is 1. The summed E-state index contributed by atoms with van der Waals surface area (Å²) in [5, 5.41) is 15.4. The van der Waals surface area contributed by atoms with Gasteiger partial charge in [0.15, 0.2) is 6.29 Å². The number of carbonyl (C=O) groups excluding carboxylic acids is 3. The number of nitrogens with zero attached hydrogens (tertiary/aromatic N) is 2. The van der Waals surface area contributed by atoms with E-state index in [0.717, 1.165) is 5.56 Å². The van der Waals surface area contributed by atoms with E-state index in [1.54, 1.807) is 25.1 Å². The fourth-order valence-electron chi connectivity index (χ4n) is 3.08. The van der Waals surface area contributed by atoms with Gasteiger partial charge in [0, 0.05) is 30.6 Å². The first-order valence-corrected chi connectivity index (χ1v) is 9.20. The monoisotopic (exact) mass is 400 g/mol. The minimum atomic E-state index is -0.837. The van der Waals surface area contributed by atoms with Gasteiger partial charge < -0.3 is 20.7 Å². The van der Waals surface area contributed by atoms with E-state index in [2.05, 4.69) is 26.4 Å². The van der Waals surface area contributed by atoms with Gasteiger partial charge in [0.25, 0.3) is 0 Å². The van der Waals surface area contributed by atoms with Gasteiger partial charge in [0.05, 0.1) is 12.8 Å². The smallest absolute Gasteiger partial charge is 0.314 e. The average Bonchev–Trinajstić information content (AvgIpc) is 3.05. The van der Waals surface area contributed by atoms with Crippen molar-refractivity contribution in [3.05, 3.63) is 41.6 Å². The number of carbonyl (C=O) groups is 3. The summed E-state index contributed by atoms with van der Waals surface area (Å²) in [7, 11) is 1.54. The lowest BCUT2D eigenvalue weighted by molar-refractivity contribution is -0.136. The molecule has 2 heterocycles. The van der Waals surface area contributed by atoms with Gasteiger partial charge in [-0.2, -0.15) is 5.10 Å². The van der Waals surface area contributed by atoms with E-state index in [-0.39, 0.29) is 18.5 Å². The molecule has 10 heteroatoms. The highest BCUT2D eigenvalue weighted by atomic mass is 16.5. The SMILES string of the molecule is COc1ccccc1CNC(=O)C(=O)Nc1cc(C)nn1C1NC(=O)CC(C)N1. The van der Waals surface area contributed by atoms with Crippen LogP contribution in [-0.4, -0.2) is 40.7 Å². The van der Waals surface area contributed by atoms with E-state index in [1.807, 2.05) is 19.1 Å². The summed E-state index contributed by atoms with van der Waals surface area (Å²) in [6.07, 6.45) is -0.268. The van der Waals surface area contributed by atoms with Crippen LogP contribution in [-0.2, 0) is 20.9 Å². The summed E-state index contributed by atoms with van der Waals surface area (Å²) >= 11 is 0. The number of methoxy groups -OCH3 is 1. The zero-order chi connectivity index (χ0) is 21.0. The first-order valence-electron chi connectivity index (χ1n) is 9.20. The number of benzene rings is 1. The van der Waals surface area contributed by atoms with Crippen molar-refractivity contribution in [1.29, 1.82) is 0 Å². The van der Waals surface area contributed by atoms with Gasteiger partial charge in [0.2, 0.25) is 5.91 Å². The van der Waals surface area contributed by atoms with Crippen molar-refractivity contribution >= 4 is 23.5 Å². The maximum atomic E-state index is 12.4. The molecule has 1 aliphatic heterocycles. The van der Waals surface area contributed by atoms with Crippen LogP contribution in [0.4, 0.5) is 5.82 Å². The largest absolute Gasteiger partial charge is 0.496 e. The van der Waals surface area contributed by atoms with Crippen molar-refractivity contribution in [2.24, 2.45) is 0 Å². The molecular formula is C19H24N6O4. The fourth-order valence-corrected chi connectivity index (χ4v) is 3.08. The number of para-hydroxylation sites is 1. The van der Waals surface area contributed by atoms with Crippen molar-refractivity contribution in [2.45, 2.75) is 39.1 Å². The topological polar surface area (TPSA) is 126 Å². The van der Waals surface area contributed by atoms with Gasteiger partial charge in [-0.25, -0.2) is 4.68 Å². The van der Waals surface area contributed by atoms with Crippen molar-refractivity contribution in [3.63, 3.8) is 0 Å². The molecule has 10 nitrogen and oxygen atoms in total. The van der Waals surface area contributed by atoms with E-state index in [0.29, 0.717) is 23.7 Å². The second-order valence-corrected chi connectivity index (χ2v) is 6.81. The second kappa shape index (κ2) is 8.74. The van der Waals surface area contributed by atoms with Crippen LogP contribution in [0.25, 0.3) is 0 Å². The highest BCUT2D eigenvalue weighted by Crippen LogP contribution is 2.18. The summed E-state index contributed by atoms with van der Waals surface area (Å²) in [5.41, 5.74) is 1.38. The van der Waals surface area contributed by atoms with Crippen LogP contribution >= 0.6 is 0 Å². The molecule has 29 heavy (non-hydrogen) atoms. The number of aromatic nitrogens is 2. The highest BCUT2D eigenvalue weighted by Gasteiger charge is 2.27. The number of anilines is 1. The first-order chi connectivity index (χ1) is 13.9. The van der Waals surface area contributed by atoms with Crippen LogP contribution in [0, 0.1) is 6.92 Å². The Kier molecular flexibility index (Phi) is 6.13. The molecule has 1 aromatic carbocycles. The summed E-state index contributed by atoms with van der Waals surface area (Å²) in [6.45, 7) is 3.78. The van der Waals surface area contributed by atoms with Gasteiger partial charge in [0.1, 0.15) is 11.6 Å². The molecule has 1 aromatic heterocycles. The molecule has 4 N–H and O–H groups in total. The molecule has 0 radical (unpaired) electrons. The summed E-state index contributed by atoms with van der Waals surface area (Å²) in [4.78, 5) is 36.4. The molecule has 2 aromatic rings.